The Bertz CT molecular complexity index is 1410. The molecular weight excluding hydrogens is 484 g/mol. The highest BCUT2D eigenvalue weighted by Crippen LogP contribution is 2.35. The van der Waals surface area contributed by atoms with Crippen LogP contribution < -0.4 is 15.0 Å². The van der Waals surface area contributed by atoms with Crippen molar-refractivity contribution in [1.29, 1.82) is 0 Å². The summed E-state index contributed by atoms with van der Waals surface area (Å²) < 4.78 is 38.4. The Balaban J connectivity index is 1.50. The van der Waals surface area contributed by atoms with Gasteiger partial charge in [-0.3, -0.25) is 14.2 Å². The maximum Gasteiger partial charge on any atom is 0.387 e. The minimum absolute atomic E-state index is 0.0146. The normalized spacial score (nSPS) is 15.1. The van der Waals surface area contributed by atoms with Gasteiger partial charge >= 0.3 is 6.61 Å². The van der Waals surface area contributed by atoms with Gasteiger partial charge in [0.2, 0.25) is 11.9 Å². The molecule has 5 rings (SSSR count). The number of para-hydroxylation sites is 1. The number of aromatic nitrogens is 5. The van der Waals surface area contributed by atoms with Crippen molar-refractivity contribution >= 4 is 17.5 Å². The molecule has 1 unspecified atom stereocenters. The van der Waals surface area contributed by atoms with Gasteiger partial charge in [0.05, 0.1) is 23.3 Å². The van der Waals surface area contributed by atoms with Crippen LogP contribution in [0.1, 0.15) is 29.5 Å². The molecular formula is C25H25F2N7O3. The Hall–Kier alpha value is -4.19. The summed E-state index contributed by atoms with van der Waals surface area (Å²) >= 11 is 0. The highest BCUT2D eigenvalue weighted by atomic mass is 19.3. The van der Waals surface area contributed by atoms with E-state index in [4.69, 9.17) is 9.47 Å². The van der Waals surface area contributed by atoms with Crippen molar-refractivity contribution in [2.75, 3.05) is 31.6 Å². The third-order valence-electron chi connectivity index (χ3n) is 6.16. The summed E-state index contributed by atoms with van der Waals surface area (Å²) in [5.41, 5.74) is 3.62. The number of rotatable bonds is 7. The van der Waals surface area contributed by atoms with Crippen LogP contribution in [0, 0.1) is 6.92 Å². The fraction of sp³-hybridized carbons (Fsp3) is 0.320. The number of aryl methyl sites for hydroxylation is 1. The zero-order valence-corrected chi connectivity index (χ0v) is 20.3. The summed E-state index contributed by atoms with van der Waals surface area (Å²) in [6.07, 6.45) is 6.44. The van der Waals surface area contributed by atoms with Gasteiger partial charge in [-0.2, -0.15) is 8.78 Å². The quantitative estimate of drug-likeness (QED) is 0.405. The van der Waals surface area contributed by atoms with Crippen LogP contribution in [0.15, 0.2) is 49.1 Å². The molecule has 12 heteroatoms. The van der Waals surface area contributed by atoms with Gasteiger partial charge in [-0.15, -0.1) is 0 Å². The average Bonchev–Trinajstić information content (AvgIpc) is 3.06. The Morgan fingerprint density at radius 2 is 1.86 bits per heavy atom. The molecule has 0 aliphatic carbocycles. The van der Waals surface area contributed by atoms with E-state index in [-0.39, 0.29) is 11.7 Å². The Morgan fingerprint density at radius 3 is 2.62 bits per heavy atom. The minimum Gasteiger partial charge on any atom is -0.434 e. The molecule has 1 N–H and O–H groups in total. The predicted molar refractivity (Wildman–Crippen MR) is 131 cm³/mol. The number of carbonyl (C=O) groups excluding carboxylic acids is 1. The summed E-state index contributed by atoms with van der Waals surface area (Å²) in [6, 6.07) is 6.53. The molecule has 1 amide bonds. The first-order chi connectivity index (χ1) is 17.9. The molecule has 1 fully saturated rings. The van der Waals surface area contributed by atoms with E-state index < -0.39 is 12.7 Å². The summed E-state index contributed by atoms with van der Waals surface area (Å²) in [5.74, 6) is 0.582. The van der Waals surface area contributed by atoms with Gasteiger partial charge < -0.3 is 19.7 Å². The van der Waals surface area contributed by atoms with Crippen molar-refractivity contribution in [3.05, 3.63) is 66.0 Å². The third kappa shape index (κ3) is 5.05. The molecule has 3 aromatic heterocycles. The van der Waals surface area contributed by atoms with Crippen molar-refractivity contribution in [2.45, 2.75) is 26.1 Å². The van der Waals surface area contributed by atoms with Crippen LogP contribution in [-0.4, -0.2) is 63.6 Å². The molecule has 1 aliphatic rings. The summed E-state index contributed by atoms with van der Waals surface area (Å²) in [7, 11) is 1.50. The number of halogens is 2. The van der Waals surface area contributed by atoms with E-state index in [2.05, 4.69) is 25.3 Å². The highest BCUT2D eigenvalue weighted by Gasteiger charge is 2.26. The second-order valence-corrected chi connectivity index (χ2v) is 8.47. The smallest absolute Gasteiger partial charge is 0.387 e. The maximum atomic E-state index is 13.0. The molecule has 4 aromatic rings. The van der Waals surface area contributed by atoms with Gasteiger partial charge in [-0.25, -0.2) is 15.0 Å². The second-order valence-electron chi connectivity index (χ2n) is 8.47. The molecule has 37 heavy (non-hydrogen) atoms. The Morgan fingerprint density at radius 1 is 1.08 bits per heavy atom. The molecule has 192 valence electrons. The summed E-state index contributed by atoms with van der Waals surface area (Å²) in [4.78, 5) is 31.7. The number of fused-ring (bicyclic) bond motifs is 1. The minimum atomic E-state index is -2.97. The fourth-order valence-electron chi connectivity index (χ4n) is 4.43. The standard InChI is InChI=1S/C25H25F2N7O3/c1-15-22(23(36-2)17-5-3-4-6-19(17)37-24(26)27)34-14-18(29-13-20(34)32-15)16-11-30-25(31-12-16)33-9-7-21(35)28-8-10-33/h3-6,11-14,23-24H,7-10H2,1-2H3,(H,28,35). The first-order valence-electron chi connectivity index (χ1n) is 11.7. The van der Waals surface area contributed by atoms with Gasteiger partial charge in [0, 0.05) is 62.9 Å². The SMILES string of the molecule is COC(c1ccccc1OC(F)F)c1c(C)nc2cnc(-c3cnc(N4CCNC(=O)CC4)nc3)cn12. The van der Waals surface area contributed by atoms with E-state index in [1.165, 1.54) is 13.2 Å². The number of alkyl halides is 2. The lowest BCUT2D eigenvalue weighted by atomic mass is 10.0. The van der Waals surface area contributed by atoms with Gasteiger partial charge in [-0.1, -0.05) is 18.2 Å². The largest absolute Gasteiger partial charge is 0.434 e. The number of nitrogens with one attached hydrogen (secondary N) is 1. The van der Waals surface area contributed by atoms with Crippen LogP contribution in [0.4, 0.5) is 14.7 Å². The van der Waals surface area contributed by atoms with Crippen molar-refractivity contribution in [2.24, 2.45) is 0 Å². The van der Waals surface area contributed by atoms with E-state index >= 15 is 0 Å². The van der Waals surface area contributed by atoms with E-state index in [0.717, 1.165) is 0 Å². The molecule has 10 nitrogen and oxygen atoms in total. The lowest BCUT2D eigenvalue weighted by molar-refractivity contribution is -0.120. The summed E-state index contributed by atoms with van der Waals surface area (Å²) in [5, 5.41) is 2.83. The molecule has 1 aliphatic heterocycles. The molecule has 0 saturated carbocycles. The first-order valence-corrected chi connectivity index (χ1v) is 11.7. The lowest BCUT2D eigenvalue weighted by Gasteiger charge is -2.20. The van der Waals surface area contributed by atoms with Crippen LogP contribution in [0.3, 0.4) is 0 Å². The number of amides is 1. The number of hydrogen-bond donors (Lipinski definition) is 1. The van der Waals surface area contributed by atoms with Gasteiger partial charge in [0.15, 0.2) is 5.65 Å². The molecule has 0 radical (unpaired) electrons. The number of benzene rings is 1. The number of methoxy groups -OCH3 is 1. The van der Waals surface area contributed by atoms with Gasteiger partial charge in [0.25, 0.3) is 0 Å². The number of carbonyl (C=O) groups is 1. The van der Waals surface area contributed by atoms with Crippen molar-refractivity contribution in [3.8, 4) is 17.0 Å². The highest BCUT2D eigenvalue weighted by molar-refractivity contribution is 5.77. The maximum absolute atomic E-state index is 13.0. The third-order valence-corrected chi connectivity index (χ3v) is 6.16. The van der Waals surface area contributed by atoms with Crippen LogP contribution in [0.5, 0.6) is 5.75 Å². The van der Waals surface area contributed by atoms with Gasteiger partial charge in [-0.05, 0) is 13.0 Å². The Labute approximate surface area is 211 Å². The molecule has 4 heterocycles. The zero-order valence-electron chi connectivity index (χ0n) is 20.3. The molecule has 0 bridgehead atoms. The predicted octanol–water partition coefficient (Wildman–Crippen LogP) is 3.16. The zero-order chi connectivity index (χ0) is 25.9. The number of anilines is 1. The van der Waals surface area contributed by atoms with Crippen LogP contribution in [-0.2, 0) is 9.53 Å². The topological polar surface area (TPSA) is 107 Å². The lowest BCUT2D eigenvalue weighted by Crippen LogP contribution is -2.29. The van der Waals surface area contributed by atoms with E-state index in [9.17, 15) is 13.6 Å². The number of nitrogens with zero attached hydrogens (tertiary/aromatic N) is 6. The molecule has 1 atom stereocenters. The van der Waals surface area contributed by atoms with Crippen molar-refractivity contribution < 1.29 is 23.0 Å². The van der Waals surface area contributed by atoms with E-state index in [1.807, 2.05) is 16.2 Å². The second kappa shape index (κ2) is 10.4. The Kier molecular flexibility index (Phi) is 6.91. The van der Waals surface area contributed by atoms with Crippen LogP contribution >= 0.6 is 0 Å². The molecule has 1 saturated heterocycles. The number of imidazole rings is 1. The van der Waals surface area contributed by atoms with E-state index in [1.54, 1.807) is 43.0 Å². The van der Waals surface area contributed by atoms with Gasteiger partial charge in [0.1, 0.15) is 11.9 Å². The van der Waals surface area contributed by atoms with Crippen molar-refractivity contribution in [3.63, 3.8) is 0 Å². The number of ether oxygens (including phenoxy) is 2. The van der Waals surface area contributed by atoms with E-state index in [0.29, 0.717) is 65.9 Å². The summed E-state index contributed by atoms with van der Waals surface area (Å²) in [6.45, 7) is 0.567. The van der Waals surface area contributed by atoms with Crippen LogP contribution in [0.2, 0.25) is 0 Å². The average molecular weight is 510 g/mol. The van der Waals surface area contributed by atoms with Crippen LogP contribution in [0.25, 0.3) is 16.9 Å². The first kappa shape index (κ1) is 24.5. The molecule has 0 spiro atoms. The number of hydrogen-bond acceptors (Lipinski definition) is 8. The fourth-order valence-corrected chi connectivity index (χ4v) is 4.43. The monoisotopic (exact) mass is 509 g/mol. The van der Waals surface area contributed by atoms with Crippen molar-refractivity contribution in [1.82, 2.24) is 29.7 Å². The molecule has 1 aromatic carbocycles.